The zero-order valence-corrected chi connectivity index (χ0v) is 10.1. The Morgan fingerprint density at radius 2 is 2.06 bits per heavy atom. The highest BCUT2D eigenvalue weighted by Gasteiger charge is 2.32. The van der Waals surface area contributed by atoms with Gasteiger partial charge >= 0.3 is 0 Å². The van der Waals surface area contributed by atoms with Gasteiger partial charge in [0.05, 0.1) is 16.4 Å². The summed E-state index contributed by atoms with van der Waals surface area (Å²) in [5, 5.41) is 1.72. The van der Waals surface area contributed by atoms with E-state index in [0.717, 1.165) is 11.0 Å². The van der Waals surface area contributed by atoms with Crippen LogP contribution in [0.4, 0.5) is 5.69 Å². The Labute approximate surface area is 104 Å². The molecule has 4 heteroatoms. The molecule has 0 atom stereocenters. The lowest BCUT2D eigenvalue weighted by Crippen LogP contribution is -2.39. The fourth-order valence-electron chi connectivity index (χ4n) is 2.99. The van der Waals surface area contributed by atoms with Gasteiger partial charge in [0.1, 0.15) is 0 Å². The summed E-state index contributed by atoms with van der Waals surface area (Å²) in [4.78, 5) is 11.5. The first-order chi connectivity index (χ1) is 8.31. The molecule has 0 unspecified atom stereocenters. The van der Waals surface area contributed by atoms with Gasteiger partial charge in [-0.15, -0.1) is 0 Å². The second kappa shape index (κ2) is 3.33. The summed E-state index contributed by atoms with van der Waals surface area (Å²) in [6.07, 6.45) is 4.14. The molecule has 2 bridgehead atoms. The molecule has 0 aromatic carbocycles. The molecular weight excluding hydrogens is 234 g/mol. The van der Waals surface area contributed by atoms with Gasteiger partial charge in [-0.2, -0.15) is 0 Å². The predicted molar refractivity (Wildman–Crippen MR) is 68.7 cm³/mol. The van der Waals surface area contributed by atoms with Gasteiger partial charge in [-0.3, -0.25) is 0 Å². The quantitative estimate of drug-likeness (QED) is 0.715. The summed E-state index contributed by atoms with van der Waals surface area (Å²) in [5.41, 5.74) is 3.36. The number of anilines is 1. The molecular formula is C13H12ClN3. The van der Waals surface area contributed by atoms with Crippen LogP contribution in [0.3, 0.4) is 0 Å². The minimum absolute atomic E-state index is 0.636. The molecule has 2 aromatic rings. The lowest BCUT2D eigenvalue weighted by Gasteiger charge is -2.41. The first kappa shape index (κ1) is 9.66. The predicted octanol–water partition coefficient (Wildman–Crippen LogP) is 2.98. The van der Waals surface area contributed by atoms with Crippen molar-refractivity contribution in [2.45, 2.75) is 18.8 Å². The summed E-state index contributed by atoms with van der Waals surface area (Å²) in [6.45, 7) is 2.33. The third-order valence-corrected chi connectivity index (χ3v) is 4.07. The van der Waals surface area contributed by atoms with Crippen LogP contribution in [0.1, 0.15) is 24.5 Å². The van der Waals surface area contributed by atoms with Crippen LogP contribution in [0.2, 0.25) is 5.02 Å². The highest BCUT2D eigenvalue weighted by molar-refractivity contribution is 6.31. The van der Waals surface area contributed by atoms with Gasteiger partial charge in [-0.25, -0.2) is 9.97 Å². The van der Waals surface area contributed by atoms with E-state index < -0.39 is 0 Å². The zero-order chi connectivity index (χ0) is 11.4. The SMILES string of the molecule is Clc1cnc2nc3c(cc2c1)N1CCC3CC1. The molecule has 3 aliphatic heterocycles. The van der Waals surface area contributed by atoms with Gasteiger partial charge in [-0.1, -0.05) is 11.6 Å². The number of halogens is 1. The minimum Gasteiger partial charge on any atom is -0.370 e. The smallest absolute Gasteiger partial charge is 0.159 e. The Balaban J connectivity index is 2.01. The second-order valence-corrected chi connectivity index (χ2v) is 5.29. The van der Waals surface area contributed by atoms with E-state index >= 15 is 0 Å². The van der Waals surface area contributed by atoms with Crippen LogP contribution in [-0.4, -0.2) is 23.1 Å². The molecule has 3 nitrogen and oxygen atoms in total. The van der Waals surface area contributed by atoms with Crippen molar-refractivity contribution in [3.63, 3.8) is 0 Å². The lowest BCUT2D eigenvalue weighted by atomic mass is 9.86. The van der Waals surface area contributed by atoms with E-state index in [9.17, 15) is 0 Å². The summed E-state index contributed by atoms with van der Waals surface area (Å²) in [5.74, 6) is 0.636. The van der Waals surface area contributed by atoms with Crippen LogP contribution in [-0.2, 0) is 0 Å². The highest BCUT2D eigenvalue weighted by atomic mass is 35.5. The topological polar surface area (TPSA) is 29.0 Å². The van der Waals surface area contributed by atoms with E-state index in [-0.39, 0.29) is 0 Å². The van der Waals surface area contributed by atoms with Crippen molar-refractivity contribution in [2.24, 2.45) is 0 Å². The number of aromatic nitrogens is 2. The summed E-state index contributed by atoms with van der Waals surface area (Å²) in [7, 11) is 0. The van der Waals surface area contributed by atoms with E-state index in [1.165, 1.54) is 37.3 Å². The van der Waals surface area contributed by atoms with Crippen LogP contribution in [0.15, 0.2) is 18.3 Å². The van der Waals surface area contributed by atoms with E-state index in [1.807, 2.05) is 6.07 Å². The molecule has 0 spiro atoms. The monoisotopic (exact) mass is 245 g/mol. The van der Waals surface area contributed by atoms with Gasteiger partial charge in [0.25, 0.3) is 0 Å². The molecule has 5 rings (SSSR count). The van der Waals surface area contributed by atoms with Crippen molar-refractivity contribution in [3.05, 3.63) is 29.0 Å². The molecule has 0 aliphatic carbocycles. The molecule has 0 radical (unpaired) electrons. The van der Waals surface area contributed by atoms with Crippen molar-refractivity contribution in [2.75, 3.05) is 18.0 Å². The standard InChI is InChI=1S/C13H12ClN3/c14-10-5-9-6-11-12(16-13(9)15-7-10)8-1-3-17(11)4-2-8/h5-8H,1-4H2. The average Bonchev–Trinajstić information content (AvgIpc) is 2.38. The molecule has 0 N–H and O–H groups in total. The maximum Gasteiger partial charge on any atom is 0.159 e. The fraction of sp³-hybridized carbons (Fsp3) is 0.385. The van der Waals surface area contributed by atoms with Crippen LogP contribution in [0.25, 0.3) is 11.0 Å². The van der Waals surface area contributed by atoms with Gasteiger partial charge in [0, 0.05) is 30.6 Å². The number of rotatable bonds is 0. The molecule has 5 heterocycles. The molecule has 0 amide bonds. The molecule has 2 aromatic heterocycles. The van der Waals surface area contributed by atoms with E-state index in [0.29, 0.717) is 10.9 Å². The number of pyridine rings is 2. The Kier molecular flexibility index (Phi) is 1.89. The summed E-state index contributed by atoms with van der Waals surface area (Å²) >= 11 is 5.98. The first-order valence-corrected chi connectivity index (χ1v) is 6.40. The van der Waals surface area contributed by atoms with Crippen molar-refractivity contribution < 1.29 is 0 Å². The largest absolute Gasteiger partial charge is 0.370 e. The Hall–Kier alpha value is -1.35. The van der Waals surface area contributed by atoms with Gasteiger partial charge < -0.3 is 4.90 Å². The van der Waals surface area contributed by atoms with E-state index in [1.54, 1.807) is 6.20 Å². The third kappa shape index (κ3) is 1.35. The average molecular weight is 246 g/mol. The molecule has 1 fully saturated rings. The van der Waals surface area contributed by atoms with Crippen molar-refractivity contribution in [1.82, 2.24) is 9.97 Å². The number of nitrogens with zero attached hydrogens (tertiary/aromatic N) is 3. The molecule has 1 saturated heterocycles. The number of piperidine rings is 1. The number of fused-ring (bicyclic) bond motifs is 3. The Morgan fingerprint density at radius 3 is 2.88 bits per heavy atom. The molecule has 17 heavy (non-hydrogen) atoms. The summed E-state index contributed by atoms with van der Waals surface area (Å²) < 4.78 is 0. The number of hydrogen-bond acceptors (Lipinski definition) is 3. The fourth-order valence-corrected chi connectivity index (χ4v) is 3.15. The normalized spacial score (nSPS) is 18.8. The zero-order valence-electron chi connectivity index (χ0n) is 9.36. The maximum absolute atomic E-state index is 5.98. The third-order valence-electron chi connectivity index (χ3n) is 3.87. The molecule has 3 aliphatic rings. The van der Waals surface area contributed by atoms with Gasteiger partial charge in [-0.05, 0) is 25.0 Å². The van der Waals surface area contributed by atoms with E-state index in [2.05, 4.69) is 16.0 Å². The second-order valence-electron chi connectivity index (χ2n) is 4.85. The molecule has 86 valence electrons. The maximum atomic E-state index is 5.98. The van der Waals surface area contributed by atoms with Crippen molar-refractivity contribution >= 4 is 28.3 Å². The van der Waals surface area contributed by atoms with Crippen molar-refractivity contribution in [3.8, 4) is 0 Å². The summed E-state index contributed by atoms with van der Waals surface area (Å²) in [6, 6.07) is 4.14. The van der Waals surface area contributed by atoms with Crippen LogP contribution in [0.5, 0.6) is 0 Å². The Morgan fingerprint density at radius 1 is 1.24 bits per heavy atom. The Bertz CT molecular complexity index is 603. The number of hydrogen-bond donors (Lipinski definition) is 0. The minimum atomic E-state index is 0.636. The first-order valence-electron chi connectivity index (χ1n) is 6.02. The molecule has 0 saturated carbocycles. The van der Waals surface area contributed by atoms with Crippen LogP contribution < -0.4 is 4.90 Å². The van der Waals surface area contributed by atoms with Gasteiger partial charge in [0.15, 0.2) is 5.65 Å². The highest BCUT2D eigenvalue weighted by Crippen LogP contribution is 2.42. The lowest BCUT2D eigenvalue weighted by molar-refractivity contribution is 0.465. The van der Waals surface area contributed by atoms with Crippen LogP contribution in [0, 0.1) is 0 Å². The van der Waals surface area contributed by atoms with E-state index in [4.69, 9.17) is 16.6 Å². The van der Waals surface area contributed by atoms with Crippen molar-refractivity contribution in [1.29, 1.82) is 0 Å². The van der Waals surface area contributed by atoms with Crippen LogP contribution >= 0.6 is 11.6 Å². The van der Waals surface area contributed by atoms with Gasteiger partial charge in [0.2, 0.25) is 0 Å².